The summed E-state index contributed by atoms with van der Waals surface area (Å²) in [6, 6.07) is 5.93. The molecular weight excluding hydrogens is 234 g/mol. The van der Waals surface area contributed by atoms with Crippen molar-refractivity contribution in [3.05, 3.63) is 34.4 Å². The number of amides is 1. The van der Waals surface area contributed by atoms with E-state index in [2.05, 4.69) is 5.32 Å². The van der Waals surface area contributed by atoms with Crippen molar-refractivity contribution in [2.24, 2.45) is 0 Å². The van der Waals surface area contributed by atoms with Gasteiger partial charge in [0.1, 0.15) is 0 Å². The maximum atomic E-state index is 12.1. The molecule has 0 bridgehead atoms. The maximum absolute atomic E-state index is 12.1. The number of nitro benzene ring substituents is 1. The zero-order valence-electron chi connectivity index (χ0n) is 10.1. The highest BCUT2D eigenvalue weighted by Crippen LogP contribution is 2.21. The van der Waals surface area contributed by atoms with Crippen LogP contribution >= 0.6 is 0 Å². The average molecular weight is 249 g/mol. The Balaban J connectivity index is 2.17. The number of benzene rings is 1. The van der Waals surface area contributed by atoms with Gasteiger partial charge in [-0.3, -0.25) is 14.9 Å². The Kier molecular flexibility index (Phi) is 3.57. The summed E-state index contributed by atoms with van der Waals surface area (Å²) in [5, 5.41) is 13.8. The lowest BCUT2D eigenvalue weighted by Gasteiger charge is -2.21. The number of nitrogens with one attached hydrogen (secondary N) is 1. The molecule has 2 rings (SSSR count). The van der Waals surface area contributed by atoms with Gasteiger partial charge in [0.15, 0.2) is 0 Å². The van der Waals surface area contributed by atoms with Crippen LogP contribution in [0.2, 0.25) is 0 Å². The number of hydrogen-bond acceptors (Lipinski definition) is 4. The van der Waals surface area contributed by atoms with Crippen LogP contribution in [0.3, 0.4) is 0 Å². The van der Waals surface area contributed by atoms with Gasteiger partial charge in [0.2, 0.25) is 5.91 Å². The van der Waals surface area contributed by atoms with Crippen molar-refractivity contribution >= 4 is 17.3 Å². The van der Waals surface area contributed by atoms with Crippen molar-refractivity contribution < 1.29 is 9.72 Å². The standard InChI is InChI=1S/C12H15N3O3/c1-14(12(16)11-6-3-7-13-11)9-4-2-5-10(8-9)15(17)18/h2,4-5,8,11,13H,3,6-7H2,1H3/t11-/m0/s1. The van der Waals surface area contributed by atoms with Gasteiger partial charge in [0, 0.05) is 19.2 Å². The van der Waals surface area contributed by atoms with Crippen LogP contribution < -0.4 is 10.2 Å². The van der Waals surface area contributed by atoms with Crippen molar-refractivity contribution in [2.45, 2.75) is 18.9 Å². The van der Waals surface area contributed by atoms with E-state index >= 15 is 0 Å². The molecule has 0 unspecified atom stereocenters. The summed E-state index contributed by atoms with van der Waals surface area (Å²) in [5.74, 6) is -0.0482. The zero-order chi connectivity index (χ0) is 13.1. The van der Waals surface area contributed by atoms with Gasteiger partial charge < -0.3 is 10.2 Å². The summed E-state index contributed by atoms with van der Waals surface area (Å²) >= 11 is 0. The fraction of sp³-hybridized carbons (Fsp3) is 0.417. The molecule has 1 aromatic rings. The third-order valence-electron chi connectivity index (χ3n) is 3.12. The van der Waals surface area contributed by atoms with Gasteiger partial charge in [-0.15, -0.1) is 0 Å². The summed E-state index contributed by atoms with van der Waals surface area (Å²) in [7, 11) is 1.64. The lowest BCUT2D eigenvalue weighted by Crippen LogP contribution is -2.41. The van der Waals surface area contributed by atoms with Gasteiger partial charge in [-0.1, -0.05) is 6.07 Å². The SMILES string of the molecule is CN(C(=O)[C@@H]1CCCN1)c1cccc([N+](=O)[O-])c1. The first-order chi connectivity index (χ1) is 8.59. The Bertz CT molecular complexity index is 469. The highest BCUT2D eigenvalue weighted by molar-refractivity contribution is 5.97. The first kappa shape index (κ1) is 12.5. The molecule has 1 aromatic carbocycles. The molecule has 96 valence electrons. The van der Waals surface area contributed by atoms with Gasteiger partial charge in [0.25, 0.3) is 5.69 Å². The molecule has 1 atom stereocenters. The quantitative estimate of drug-likeness (QED) is 0.647. The molecule has 0 radical (unpaired) electrons. The summed E-state index contributed by atoms with van der Waals surface area (Å²) in [4.78, 5) is 23.8. The predicted molar refractivity (Wildman–Crippen MR) is 67.5 cm³/mol. The maximum Gasteiger partial charge on any atom is 0.271 e. The fourth-order valence-electron chi connectivity index (χ4n) is 2.07. The molecule has 0 saturated carbocycles. The van der Waals surface area contributed by atoms with E-state index in [-0.39, 0.29) is 17.6 Å². The highest BCUT2D eigenvalue weighted by atomic mass is 16.6. The van der Waals surface area contributed by atoms with E-state index in [4.69, 9.17) is 0 Å². The molecule has 1 saturated heterocycles. The number of anilines is 1. The number of likely N-dealkylation sites (N-methyl/N-ethyl adjacent to an activating group) is 1. The van der Waals surface area contributed by atoms with Gasteiger partial charge >= 0.3 is 0 Å². The van der Waals surface area contributed by atoms with E-state index in [1.54, 1.807) is 19.2 Å². The van der Waals surface area contributed by atoms with Crippen molar-refractivity contribution in [3.63, 3.8) is 0 Å². The number of carbonyl (C=O) groups is 1. The van der Waals surface area contributed by atoms with Crippen LogP contribution in [0.1, 0.15) is 12.8 Å². The number of non-ortho nitro benzene ring substituents is 1. The van der Waals surface area contributed by atoms with Crippen molar-refractivity contribution in [2.75, 3.05) is 18.5 Å². The van der Waals surface area contributed by atoms with Crippen LogP contribution in [0, 0.1) is 10.1 Å². The van der Waals surface area contributed by atoms with Gasteiger partial charge in [0.05, 0.1) is 16.7 Å². The first-order valence-electron chi connectivity index (χ1n) is 5.85. The lowest BCUT2D eigenvalue weighted by molar-refractivity contribution is -0.384. The molecule has 1 aliphatic rings. The normalized spacial score (nSPS) is 18.6. The third-order valence-corrected chi connectivity index (χ3v) is 3.12. The first-order valence-corrected chi connectivity index (χ1v) is 5.85. The molecule has 0 aromatic heterocycles. The minimum Gasteiger partial charge on any atom is -0.314 e. The Morgan fingerprint density at radius 3 is 2.94 bits per heavy atom. The van der Waals surface area contributed by atoms with E-state index in [9.17, 15) is 14.9 Å². The molecule has 1 heterocycles. The molecule has 1 amide bonds. The molecule has 0 aliphatic carbocycles. The fourth-order valence-corrected chi connectivity index (χ4v) is 2.07. The second-order valence-electron chi connectivity index (χ2n) is 4.32. The van der Waals surface area contributed by atoms with Crippen molar-refractivity contribution in [1.82, 2.24) is 5.32 Å². The van der Waals surface area contributed by atoms with Crippen molar-refractivity contribution in [3.8, 4) is 0 Å². The highest BCUT2D eigenvalue weighted by Gasteiger charge is 2.26. The summed E-state index contributed by atoms with van der Waals surface area (Å²) in [6.07, 6.45) is 1.80. The Morgan fingerprint density at radius 2 is 2.33 bits per heavy atom. The number of rotatable bonds is 3. The molecule has 6 nitrogen and oxygen atoms in total. The van der Waals surface area contributed by atoms with E-state index in [1.807, 2.05) is 0 Å². The van der Waals surface area contributed by atoms with E-state index in [0.717, 1.165) is 19.4 Å². The average Bonchev–Trinajstić information content (AvgIpc) is 2.91. The third kappa shape index (κ3) is 2.48. The van der Waals surface area contributed by atoms with Crippen LogP contribution in [0.5, 0.6) is 0 Å². The van der Waals surface area contributed by atoms with E-state index in [0.29, 0.717) is 5.69 Å². The predicted octanol–water partition coefficient (Wildman–Crippen LogP) is 1.31. The number of carbonyl (C=O) groups excluding carboxylic acids is 1. The topological polar surface area (TPSA) is 75.5 Å². The lowest BCUT2D eigenvalue weighted by atomic mass is 10.2. The minimum atomic E-state index is -0.463. The van der Waals surface area contributed by atoms with Crippen LogP contribution in [0.25, 0.3) is 0 Å². The number of nitrogens with zero attached hydrogens (tertiary/aromatic N) is 2. The molecule has 6 heteroatoms. The van der Waals surface area contributed by atoms with Gasteiger partial charge in [-0.05, 0) is 25.5 Å². The zero-order valence-corrected chi connectivity index (χ0v) is 10.1. The van der Waals surface area contributed by atoms with Crippen LogP contribution in [-0.4, -0.2) is 30.5 Å². The summed E-state index contributed by atoms with van der Waals surface area (Å²) < 4.78 is 0. The Hall–Kier alpha value is -1.95. The molecule has 1 fully saturated rings. The summed E-state index contributed by atoms with van der Waals surface area (Å²) in [6.45, 7) is 0.846. The largest absolute Gasteiger partial charge is 0.314 e. The Labute approximate surface area is 105 Å². The molecule has 0 spiro atoms. The second kappa shape index (κ2) is 5.14. The molecule has 1 aliphatic heterocycles. The van der Waals surface area contributed by atoms with Gasteiger partial charge in [-0.2, -0.15) is 0 Å². The molecule has 1 N–H and O–H groups in total. The second-order valence-corrected chi connectivity index (χ2v) is 4.32. The van der Waals surface area contributed by atoms with Crippen molar-refractivity contribution in [1.29, 1.82) is 0 Å². The van der Waals surface area contributed by atoms with Crippen LogP contribution in [0.15, 0.2) is 24.3 Å². The van der Waals surface area contributed by atoms with Gasteiger partial charge in [-0.25, -0.2) is 0 Å². The van der Waals surface area contributed by atoms with E-state index < -0.39 is 4.92 Å². The van der Waals surface area contributed by atoms with E-state index in [1.165, 1.54) is 17.0 Å². The number of nitro groups is 1. The summed E-state index contributed by atoms with van der Waals surface area (Å²) in [5.41, 5.74) is 0.537. The monoisotopic (exact) mass is 249 g/mol. The van der Waals surface area contributed by atoms with Crippen LogP contribution in [0.4, 0.5) is 11.4 Å². The molecule has 18 heavy (non-hydrogen) atoms. The number of hydrogen-bond donors (Lipinski definition) is 1. The Morgan fingerprint density at radius 1 is 1.56 bits per heavy atom. The molecular formula is C12H15N3O3. The smallest absolute Gasteiger partial charge is 0.271 e. The van der Waals surface area contributed by atoms with Crippen LogP contribution in [-0.2, 0) is 4.79 Å². The minimum absolute atomic E-state index is 0.00784.